The summed E-state index contributed by atoms with van der Waals surface area (Å²) in [6, 6.07) is 4.30. The molecule has 0 aromatic heterocycles. The summed E-state index contributed by atoms with van der Waals surface area (Å²) in [5, 5.41) is 0. The van der Waals surface area contributed by atoms with E-state index >= 15 is 0 Å². The van der Waals surface area contributed by atoms with Crippen molar-refractivity contribution in [3.8, 4) is 5.75 Å². The number of nitrogens with one attached hydrogen (secondary N) is 1. The first kappa shape index (κ1) is 17.3. The molecule has 0 radical (unpaired) electrons. The SMILES string of the molecule is CCOC(=O)CCCNS(=O)(=O)c1ccc(N)cc1OC. The Balaban J connectivity index is 2.64. The number of carbonyl (C=O) groups excluding carboxylic acids is 1. The highest BCUT2D eigenvalue weighted by atomic mass is 32.2. The van der Waals surface area contributed by atoms with Crippen LogP contribution in [0.3, 0.4) is 0 Å². The van der Waals surface area contributed by atoms with Crippen LogP contribution in [0.4, 0.5) is 5.69 Å². The van der Waals surface area contributed by atoms with Crippen molar-refractivity contribution < 1.29 is 22.7 Å². The minimum Gasteiger partial charge on any atom is -0.495 e. The molecule has 8 heteroatoms. The normalized spacial score (nSPS) is 11.1. The van der Waals surface area contributed by atoms with E-state index in [9.17, 15) is 13.2 Å². The first-order valence-corrected chi connectivity index (χ1v) is 7.97. The van der Waals surface area contributed by atoms with E-state index in [1.54, 1.807) is 6.92 Å². The number of hydrogen-bond donors (Lipinski definition) is 2. The van der Waals surface area contributed by atoms with E-state index in [1.807, 2.05) is 0 Å². The molecule has 0 amide bonds. The van der Waals surface area contributed by atoms with Gasteiger partial charge in [0.25, 0.3) is 0 Å². The van der Waals surface area contributed by atoms with Crippen LogP contribution >= 0.6 is 0 Å². The molecule has 21 heavy (non-hydrogen) atoms. The van der Waals surface area contributed by atoms with Crippen LogP contribution in [0.1, 0.15) is 19.8 Å². The van der Waals surface area contributed by atoms with Crippen molar-refractivity contribution in [3.05, 3.63) is 18.2 Å². The van der Waals surface area contributed by atoms with Gasteiger partial charge in [-0.25, -0.2) is 13.1 Å². The zero-order chi connectivity index (χ0) is 15.9. The molecule has 0 aliphatic heterocycles. The van der Waals surface area contributed by atoms with Gasteiger partial charge in [0.05, 0.1) is 13.7 Å². The summed E-state index contributed by atoms with van der Waals surface area (Å²) in [5.41, 5.74) is 5.99. The lowest BCUT2D eigenvalue weighted by atomic mass is 10.3. The molecule has 1 aromatic rings. The van der Waals surface area contributed by atoms with Crippen LogP contribution in [0, 0.1) is 0 Å². The minimum atomic E-state index is -3.71. The molecule has 0 spiro atoms. The summed E-state index contributed by atoms with van der Waals surface area (Å²) >= 11 is 0. The molecule has 0 aliphatic carbocycles. The maximum atomic E-state index is 12.1. The third-order valence-corrected chi connectivity index (χ3v) is 4.13. The summed E-state index contributed by atoms with van der Waals surface area (Å²) < 4.78 is 36.5. The lowest BCUT2D eigenvalue weighted by Crippen LogP contribution is -2.25. The average molecular weight is 316 g/mol. The number of nitrogens with two attached hydrogens (primary N) is 1. The molecule has 0 heterocycles. The van der Waals surface area contributed by atoms with Gasteiger partial charge in [-0.15, -0.1) is 0 Å². The molecule has 0 saturated heterocycles. The fraction of sp³-hybridized carbons (Fsp3) is 0.462. The number of esters is 1. The molecule has 0 bridgehead atoms. The molecule has 0 saturated carbocycles. The van der Waals surface area contributed by atoms with Gasteiger partial charge in [-0.1, -0.05) is 0 Å². The molecule has 0 aliphatic rings. The second-order valence-corrected chi connectivity index (χ2v) is 5.95. The molecular weight excluding hydrogens is 296 g/mol. The number of hydrogen-bond acceptors (Lipinski definition) is 6. The number of nitrogen functional groups attached to an aromatic ring is 1. The Kier molecular flexibility index (Phi) is 6.44. The average Bonchev–Trinajstić information content (AvgIpc) is 2.43. The molecule has 0 fully saturated rings. The topological polar surface area (TPSA) is 108 Å². The Morgan fingerprint density at radius 2 is 2.10 bits per heavy atom. The Labute approximate surface area is 124 Å². The minimum absolute atomic E-state index is 0.00957. The Hall–Kier alpha value is -1.80. The molecule has 3 N–H and O–H groups in total. The van der Waals surface area contributed by atoms with Gasteiger partial charge in [-0.3, -0.25) is 4.79 Å². The third kappa shape index (κ3) is 5.24. The zero-order valence-electron chi connectivity index (χ0n) is 12.1. The highest BCUT2D eigenvalue weighted by molar-refractivity contribution is 7.89. The summed E-state index contributed by atoms with van der Waals surface area (Å²) in [7, 11) is -2.34. The van der Waals surface area contributed by atoms with Crippen LogP contribution in [-0.2, 0) is 19.6 Å². The van der Waals surface area contributed by atoms with E-state index in [4.69, 9.17) is 15.2 Å². The van der Waals surface area contributed by atoms with E-state index in [1.165, 1.54) is 25.3 Å². The highest BCUT2D eigenvalue weighted by Crippen LogP contribution is 2.25. The second kappa shape index (κ2) is 7.84. The maximum Gasteiger partial charge on any atom is 0.305 e. The van der Waals surface area contributed by atoms with Gasteiger partial charge < -0.3 is 15.2 Å². The van der Waals surface area contributed by atoms with Gasteiger partial charge in [-0.05, 0) is 25.5 Å². The molecule has 1 rings (SSSR count). The van der Waals surface area contributed by atoms with E-state index in [-0.39, 0.29) is 29.6 Å². The molecular formula is C13H20N2O5S. The number of anilines is 1. The fourth-order valence-corrected chi connectivity index (χ4v) is 2.88. The van der Waals surface area contributed by atoms with Crippen molar-refractivity contribution in [3.63, 3.8) is 0 Å². The van der Waals surface area contributed by atoms with Gasteiger partial charge in [0.15, 0.2) is 0 Å². The smallest absolute Gasteiger partial charge is 0.305 e. The number of methoxy groups -OCH3 is 1. The van der Waals surface area contributed by atoms with Crippen LogP contribution in [0.2, 0.25) is 0 Å². The maximum absolute atomic E-state index is 12.1. The number of rotatable bonds is 8. The molecule has 7 nitrogen and oxygen atoms in total. The van der Waals surface area contributed by atoms with E-state index < -0.39 is 10.0 Å². The standard InChI is InChI=1S/C13H20N2O5S/c1-3-20-13(16)5-4-8-15-21(17,18)12-7-6-10(14)9-11(12)19-2/h6-7,9,15H,3-5,8,14H2,1-2H3. The van der Waals surface area contributed by atoms with Gasteiger partial charge in [0, 0.05) is 24.7 Å². The Morgan fingerprint density at radius 1 is 1.38 bits per heavy atom. The summed E-state index contributed by atoms with van der Waals surface area (Å²) in [6.07, 6.45) is 0.518. The van der Waals surface area contributed by atoms with Crippen molar-refractivity contribution in [2.24, 2.45) is 0 Å². The lowest BCUT2D eigenvalue weighted by Gasteiger charge is -2.11. The van der Waals surface area contributed by atoms with E-state index in [2.05, 4.69) is 4.72 Å². The second-order valence-electron chi connectivity index (χ2n) is 4.22. The largest absolute Gasteiger partial charge is 0.495 e. The number of sulfonamides is 1. The first-order chi connectivity index (χ1) is 9.90. The van der Waals surface area contributed by atoms with E-state index in [0.717, 1.165) is 0 Å². The van der Waals surface area contributed by atoms with E-state index in [0.29, 0.717) is 18.7 Å². The summed E-state index contributed by atoms with van der Waals surface area (Å²) in [4.78, 5) is 11.2. The highest BCUT2D eigenvalue weighted by Gasteiger charge is 2.19. The van der Waals surface area contributed by atoms with Gasteiger partial charge in [0.1, 0.15) is 10.6 Å². The first-order valence-electron chi connectivity index (χ1n) is 6.49. The predicted octanol–water partition coefficient (Wildman–Crippen LogP) is 0.899. The van der Waals surface area contributed by atoms with Crippen molar-refractivity contribution >= 4 is 21.7 Å². The van der Waals surface area contributed by atoms with Crippen LogP contribution < -0.4 is 15.2 Å². The van der Waals surface area contributed by atoms with Crippen LogP contribution in [-0.4, -0.2) is 34.6 Å². The summed E-state index contributed by atoms with van der Waals surface area (Å²) in [6.45, 7) is 2.16. The molecule has 0 unspecified atom stereocenters. The van der Waals surface area contributed by atoms with Crippen molar-refractivity contribution in [1.82, 2.24) is 4.72 Å². The quantitative estimate of drug-likeness (QED) is 0.419. The van der Waals surface area contributed by atoms with Crippen LogP contribution in [0.25, 0.3) is 0 Å². The zero-order valence-corrected chi connectivity index (χ0v) is 12.9. The number of benzene rings is 1. The molecule has 1 aromatic carbocycles. The van der Waals surface area contributed by atoms with Crippen molar-refractivity contribution in [1.29, 1.82) is 0 Å². The number of carbonyl (C=O) groups is 1. The molecule has 118 valence electrons. The van der Waals surface area contributed by atoms with Crippen molar-refractivity contribution in [2.75, 3.05) is 26.0 Å². The molecule has 0 atom stereocenters. The van der Waals surface area contributed by atoms with Gasteiger partial charge >= 0.3 is 5.97 Å². The summed E-state index contributed by atoms with van der Waals surface area (Å²) in [5.74, 6) is -0.172. The van der Waals surface area contributed by atoms with Gasteiger partial charge in [-0.2, -0.15) is 0 Å². The lowest BCUT2D eigenvalue weighted by molar-refractivity contribution is -0.143. The third-order valence-electron chi connectivity index (χ3n) is 2.63. The number of ether oxygens (including phenoxy) is 2. The van der Waals surface area contributed by atoms with Gasteiger partial charge in [0.2, 0.25) is 10.0 Å². The monoisotopic (exact) mass is 316 g/mol. The van der Waals surface area contributed by atoms with Crippen LogP contribution in [0.15, 0.2) is 23.1 Å². The predicted molar refractivity (Wildman–Crippen MR) is 78.5 cm³/mol. The fourth-order valence-electron chi connectivity index (χ4n) is 1.66. The Bertz CT molecular complexity index is 586. The van der Waals surface area contributed by atoms with Crippen molar-refractivity contribution in [2.45, 2.75) is 24.7 Å². The Morgan fingerprint density at radius 3 is 2.71 bits per heavy atom. The van der Waals surface area contributed by atoms with Crippen LogP contribution in [0.5, 0.6) is 5.75 Å².